The Morgan fingerprint density at radius 1 is 1.11 bits per heavy atom. The summed E-state index contributed by atoms with van der Waals surface area (Å²) in [6.07, 6.45) is -0.946. The van der Waals surface area contributed by atoms with Crippen LogP contribution in [0.2, 0.25) is 0 Å². The van der Waals surface area contributed by atoms with Crippen molar-refractivity contribution in [2.75, 3.05) is 13.6 Å². The summed E-state index contributed by atoms with van der Waals surface area (Å²) in [5.41, 5.74) is 3.48. The number of likely N-dealkylation sites (N-methyl/N-ethyl adjacent to an activating group) is 1. The summed E-state index contributed by atoms with van der Waals surface area (Å²) in [5, 5.41) is 0.724. The van der Waals surface area contributed by atoms with Crippen LogP contribution in [0, 0.1) is 0 Å². The Morgan fingerprint density at radius 2 is 1.89 bits per heavy atom. The predicted molar refractivity (Wildman–Crippen MR) is 109 cm³/mol. The van der Waals surface area contributed by atoms with E-state index in [2.05, 4.69) is 14.5 Å². The Labute approximate surface area is 174 Å². The third-order valence-corrected chi connectivity index (χ3v) is 5.09. The fourth-order valence-electron chi connectivity index (χ4n) is 3.79. The Balaban J connectivity index is 0.00000140. The average Bonchev–Trinajstić information content (AvgIpc) is 2.92. The zero-order valence-corrected chi connectivity index (χ0v) is 17.0. The first-order valence-corrected chi connectivity index (χ1v) is 8.73. The number of rotatable bonds is 3. The van der Waals surface area contributed by atoms with Gasteiger partial charge in [-0.05, 0) is 42.9 Å². The lowest BCUT2D eigenvalue weighted by molar-refractivity contribution is -0.137. The first kappa shape index (κ1) is 22.5. The highest BCUT2D eigenvalue weighted by atomic mass is 35.5. The molecule has 3 heterocycles. The Morgan fingerprint density at radius 3 is 2.57 bits per heavy atom. The predicted octanol–water partition coefficient (Wildman–Crippen LogP) is 5.13. The van der Waals surface area contributed by atoms with Crippen LogP contribution in [0.25, 0.3) is 10.9 Å². The number of hydrogen-bond donors (Lipinski definition) is 0. The highest BCUT2D eigenvalue weighted by Crippen LogP contribution is 2.36. The van der Waals surface area contributed by atoms with Gasteiger partial charge in [-0.1, -0.05) is 6.07 Å². The van der Waals surface area contributed by atoms with Crippen LogP contribution < -0.4 is 0 Å². The SMILES string of the molecule is CN1CCc2c(c3cc(C(F)(F)F)ccc3n2CCc2ccccn2)C1.Cl.Cl. The van der Waals surface area contributed by atoms with E-state index in [1.807, 2.05) is 25.2 Å². The van der Waals surface area contributed by atoms with Crippen LogP contribution in [-0.2, 0) is 32.1 Å². The first-order chi connectivity index (χ1) is 12.4. The maximum atomic E-state index is 13.2. The van der Waals surface area contributed by atoms with Crippen molar-refractivity contribution >= 4 is 35.7 Å². The number of benzene rings is 1. The average molecular weight is 432 g/mol. The van der Waals surface area contributed by atoms with Gasteiger partial charge in [0.05, 0.1) is 5.56 Å². The van der Waals surface area contributed by atoms with E-state index in [4.69, 9.17) is 0 Å². The van der Waals surface area contributed by atoms with E-state index in [1.165, 1.54) is 12.1 Å². The van der Waals surface area contributed by atoms with Gasteiger partial charge in [0.25, 0.3) is 0 Å². The number of fused-ring (bicyclic) bond motifs is 3. The minimum atomic E-state index is -4.32. The fraction of sp³-hybridized carbons (Fsp3) is 0.350. The highest BCUT2D eigenvalue weighted by molar-refractivity contribution is 5.87. The molecule has 152 valence electrons. The summed E-state index contributed by atoms with van der Waals surface area (Å²) in [4.78, 5) is 6.52. The topological polar surface area (TPSA) is 21.1 Å². The van der Waals surface area contributed by atoms with Crippen molar-refractivity contribution in [2.45, 2.75) is 32.1 Å². The second kappa shape index (κ2) is 8.72. The summed E-state index contributed by atoms with van der Waals surface area (Å²) < 4.78 is 41.7. The number of alkyl halides is 3. The monoisotopic (exact) mass is 431 g/mol. The quantitative estimate of drug-likeness (QED) is 0.572. The number of nitrogens with zero attached hydrogens (tertiary/aromatic N) is 3. The molecule has 1 aliphatic rings. The molecular formula is C20H22Cl2F3N3. The molecule has 0 bridgehead atoms. The zero-order valence-electron chi connectivity index (χ0n) is 15.4. The lowest BCUT2D eigenvalue weighted by atomic mass is 10.0. The summed E-state index contributed by atoms with van der Waals surface area (Å²) in [6, 6.07) is 9.93. The number of aromatic nitrogens is 2. The van der Waals surface area contributed by atoms with Gasteiger partial charge in [0.1, 0.15) is 0 Å². The van der Waals surface area contributed by atoms with Gasteiger partial charge in [0, 0.05) is 61.0 Å². The summed E-state index contributed by atoms with van der Waals surface area (Å²) in [6.45, 7) is 2.32. The molecule has 0 amide bonds. The lowest BCUT2D eigenvalue weighted by Crippen LogP contribution is -2.27. The van der Waals surface area contributed by atoms with Crippen molar-refractivity contribution < 1.29 is 13.2 Å². The van der Waals surface area contributed by atoms with E-state index in [0.717, 1.165) is 53.8 Å². The van der Waals surface area contributed by atoms with E-state index < -0.39 is 11.7 Å². The Hall–Kier alpha value is -1.76. The molecule has 0 unspecified atom stereocenters. The van der Waals surface area contributed by atoms with Gasteiger partial charge in [-0.25, -0.2) is 0 Å². The van der Waals surface area contributed by atoms with Crippen molar-refractivity contribution in [1.29, 1.82) is 0 Å². The van der Waals surface area contributed by atoms with Gasteiger partial charge in [0.2, 0.25) is 0 Å². The fourth-order valence-corrected chi connectivity index (χ4v) is 3.79. The van der Waals surface area contributed by atoms with E-state index >= 15 is 0 Å². The summed E-state index contributed by atoms with van der Waals surface area (Å²) in [5.74, 6) is 0. The molecule has 28 heavy (non-hydrogen) atoms. The number of hydrogen-bond acceptors (Lipinski definition) is 2. The molecule has 8 heteroatoms. The number of aryl methyl sites for hydroxylation is 2. The lowest BCUT2D eigenvalue weighted by Gasteiger charge is -2.24. The smallest absolute Gasteiger partial charge is 0.344 e. The molecule has 3 aromatic rings. The molecule has 2 aromatic heterocycles. The summed E-state index contributed by atoms with van der Waals surface area (Å²) in [7, 11) is 2.01. The van der Waals surface area contributed by atoms with Gasteiger partial charge in [-0.3, -0.25) is 4.98 Å². The van der Waals surface area contributed by atoms with Crippen LogP contribution in [-0.4, -0.2) is 28.0 Å². The van der Waals surface area contributed by atoms with Crippen molar-refractivity contribution in [1.82, 2.24) is 14.5 Å². The van der Waals surface area contributed by atoms with Crippen molar-refractivity contribution in [3.05, 3.63) is 65.1 Å². The third kappa shape index (κ3) is 4.29. The van der Waals surface area contributed by atoms with E-state index in [9.17, 15) is 13.2 Å². The molecule has 3 nitrogen and oxygen atoms in total. The van der Waals surface area contributed by atoms with Crippen LogP contribution in [0.5, 0.6) is 0 Å². The van der Waals surface area contributed by atoms with Crippen molar-refractivity contribution in [2.24, 2.45) is 0 Å². The minimum absolute atomic E-state index is 0. The molecule has 0 N–H and O–H groups in total. The second-order valence-electron chi connectivity index (χ2n) is 6.87. The molecule has 0 fully saturated rings. The molecular weight excluding hydrogens is 410 g/mol. The van der Waals surface area contributed by atoms with Gasteiger partial charge >= 0.3 is 6.18 Å². The van der Waals surface area contributed by atoms with Gasteiger partial charge in [-0.2, -0.15) is 13.2 Å². The van der Waals surface area contributed by atoms with Gasteiger partial charge in [-0.15, -0.1) is 24.8 Å². The van der Waals surface area contributed by atoms with Crippen LogP contribution in [0.1, 0.15) is 22.5 Å². The molecule has 0 aliphatic carbocycles. The Bertz CT molecular complexity index is 939. The van der Waals surface area contributed by atoms with Crippen LogP contribution in [0.3, 0.4) is 0 Å². The number of pyridine rings is 1. The Kier molecular flexibility index (Phi) is 7.02. The van der Waals surface area contributed by atoms with E-state index in [1.54, 1.807) is 12.3 Å². The standard InChI is InChI=1S/C20H20F3N3.2ClH/c1-25-10-8-19-17(13-25)16-12-14(20(21,22)23)5-6-18(16)26(19)11-7-15-4-2-3-9-24-15;;/h2-6,9,12H,7-8,10-11,13H2,1H3;2*1H. The van der Waals surface area contributed by atoms with Crippen molar-refractivity contribution in [3.8, 4) is 0 Å². The molecule has 0 saturated carbocycles. The van der Waals surface area contributed by atoms with E-state index in [0.29, 0.717) is 6.54 Å². The number of halogens is 5. The van der Waals surface area contributed by atoms with Crippen LogP contribution in [0.4, 0.5) is 13.2 Å². The van der Waals surface area contributed by atoms with Crippen LogP contribution >= 0.6 is 24.8 Å². The molecule has 0 atom stereocenters. The highest BCUT2D eigenvalue weighted by Gasteiger charge is 2.32. The minimum Gasteiger partial charge on any atom is -0.344 e. The molecule has 0 spiro atoms. The maximum absolute atomic E-state index is 13.2. The van der Waals surface area contributed by atoms with Gasteiger partial charge in [0.15, 0.2) is 0 Å². The van der Waals surface area contributed by atoms with Crippen molar-refractivity contribution in [3.63, 3.8) is 0 Å². The third-order valence-electron chi connectivity index (χ3n) is 5.09. The van der Waals surface area contributed by atoms with E-state index in [-0.39, 0.29) is 24.8 Å². The largest absolute Gasteiger partial charge is 0.416 e. The molecule has 0 saturated heterocycles. The van der Waals surface area contributed by atoms with Crippen LogP contribution in [0.15, 0.2) is 42.6 Å². The summed E-state index contributed by atoms with van der Waals surface area (Å²) >= 11 is 0. The maximum Gasteiger partial charge on any atom is 0.416 e. The normalized spacial score (nSPS) is 14.3. The second-order valence-corrected chi connectivity index (χ2v) is 6.87. The molecule has 1 aliphatic heterocycles. The molecule has 4 rings (SSSR count). The van der Waals surface area contributed by atoms with Gasteiger partial charge < -0.3 is 9.47 Å². The zero-order chi connectivity index (χ0) is 18.3. The molecule has 0 radical (unpaired) electrons. The first-order valence-electron chi connectivity index (χ1n) is 8.73. The molecule has 1 aromatic carbocycles.